The van der Waals surface area contributed by atoms with Gasteiger partial charge in [-0.05, 0) is 6.92 Å². The molecule has 0 aromatic heterocycles. The molecule has 0 aliphatic carbocycles. The molecule has 0 fully saturated rings. The van der Waals surface area contributed by atoms with E-state index in [9.17, 15) is 4.79 Å². The topological polar surface area (TPSA) is 68.1 Å². The number of oxime groups is 1. The first-order chi connectivity index (χ1) is 5.66. The van der Waals surface area contributed by atoms with E-state index in [2.05, 4.69) is 9.99 Å². The number of carbonyl (C=O) groups is 1. The molecule has 0 saturated heterocycles. The van der Waals surface area contributed by atoms with Crippen molar-refractivity contribution in [2.75, 3.05) is 20.3 Å². The van der Waals surface area contributed by atoms with Crippen LogP contribution in [0, 0.1) is 0 Å². The van der Waals surface area contributed by atoms with Crippen LogP contribution in [-0.2, 0) is 14.4 Å². The van der Waals surface area contributed by atoms with Crippen molar-refractivity contribution in [1.82, 2.24) is 0 Å². The molecule has 0 rings (SSSR count). The Bertz CT molecular complexity index is 167. The van der Waals surface area contributed by atoms with Crippen molar-refractivity contribution >= 4 is 11.7 Å². The van der Waals surface area contributed by atoms with Crippen LogP contribution in [0.15, 0.2) is 5.16 Å². The van der Waals surface area contributed by atoms with Gasteiger partial charge in [0.2, 0.25) is 6.61 Å². The standard InChI is InChI=1S/C7H13NO4/c1-6(3-4-11-2)8-12-5-7(9)10/h3-5H2,1-2H3,(H,9,10). The fourth-order valence-corrected chi connectivity index (χ4v) is 0.493. The summed E-state index contributed by atoms with van der Waals surface area (Å²) in [7, 11) is 1.59. The van der Waals surface area contributed by atoms with Crippen molar-refractivity contribution in [2.24, 2.45) is 5.16 Å². The minimum absolute atomic E-state index is 0.398. The molecular formula is C7H13NO4. The zero-order chi connectivity index (χ0) is 9.40. The van der Waals surface area contributed by atoms with E-state index in [-0.39, 0.29) is 0 Å². The lowest BCUT2D eigenvalue weighted by atomic mass is 10.3. The number of aliphatic carboxylic acids is 1. The van der Waals surface area contributed by atoms with Crippen LogP contribution in [0.1, 0.15) is 13.3 Å². The van der Waals surface area contributed by atoms with E-state index in [0.717, 1.165) is 5.71 Å². The summed E-state index contributed by atoms with van der Waals surface area (Å²) in [6.45, 7) is 1.91. The fourth-order valence-electron chi connectivity index (χ4n) is 0.493. The van der Waals surface area contributed by atoms with Gasteiger partial charge in [-0.1, -0.05) is 5.16 Å². The highest BCUT2D eigenvalue weighted by molar-refractivity contribution is 5.81. The van der Waals surface area contributed by atoms with Gasteiger partial charge < -0.3 is 14.7 Å². The van der Waals surface area contributed by atoms with Gasteiger partial charge in [-0.3, -0.25) is 0 Å². The van der Waals surface area contributed by atoms with Gasteiger partial charge in [0.1, 0.15) is 0 Å². The lowest BCUT2D eigenvalue weighted by Crippen LogP contribution is -2.05. The minimum atomic E-state index is -1.03. The lowest BCUT2D eigenvalue weighted by Gasteiger charge is -1.98. The Morgan fingerprint density at radius 3 is 2.75 bits per heavy atom. The monoisotopic (exact) mass is 175 g/mol. The molecule has 0 bridgehead atoms. The molecule has 0 aliphatic heterocycles. The summed E-state index contributed by atoms with van der Waals surface area (Å²) in [6, 6.07) is 0. The second-order valence-corrected chi connectivity index (χ2v) is 2.24. The summed E-state index contributed by atoms with van der Waals surface area (Å²) in [5.74, 6) is -1.03. The molecule has 0 radical (unpaired) electrons. The van der Waals surface area contributed by atoms with Crippen molar-refractivity contribution in [1.29, 1.82) is 0 Å². The largest absolute Gasteiger partial charge is 0.479 e. The van der Waals surface area contributed by atoms with Crippen molar-refractivity contribution in [2.45, 2.75) is 13.3 Å². The summed E-state index contributed by atoms with van der Waals surface area (Å²) < 4.78 is 4.79. The quantitative estimate of drug-likeness (QED) is 0.471. The molecule has 0 spiro atoms. The predicted octanol–water partition coefficient (Wildman–Crippen LogP) is 0.500. The number of nitrogens with zero attached hydrogens (tertiary/aromatic N) is 1. The molecule has 0 saturated carbocycles. The molecule has 12 heavy (non-hydrogen) atoms. The van der Waals surface area contributed by atoms with Gasteiger partial charge >= 0.3 is 5.97 Å². The Hall–Kier alpha value is -1.10. The molecule has 0 aromatic carbocycles. The first kappa shape index (κ1) is 10.9. The SMILES string of the molecule is COCCC(C)=NOCC(=O)O. The maximum atomic E-state index is 9.98. The van der Waals surface area contributed by atoms with Gasteiger partial charge in [0.05, 0.1) is 12.3 Å². The maximum Gasteiger partial charge on any atom is 0.344 e. The fraction of sp³-hybridized carbons (Fsp3) is 0.714. The van der Waals surface area contributed by atoms with E-state index >= 15 is 0 Å². The second-order valence-electron chi connectivity index (χ2n) is 2.24. The number of hydrogen-bond acceptors (Lipinski definition) is 4. The molecule has 0 heterocycles. The van der Waals surface area contributed by atoms with Crippen LogP contribution >= 0.6 is 0 Å². The Kier molecular flexibility index (Phi) is 6.00. The van der Waals surface area contributed by atoms with Crippen LogP contribution in [-0.4, -0.2) is 37.1 Å². The number of carboxylic acids is 1. The zero-order valence-electron chi connectivity index (χ0n) is 7.24. The van der Waals surface area contributed by atoms with E-state index in [1.54, 1.807) is 14.0 Å². The van der Waals surface area contributed by atoms with Gasteiger partial charge in [0.15, 0.2) is 0 Å². The third kappa shape index (κ3) is 7.01. The van der Waals surface area contributed by atoms with Crippen molar-refractivity contribution in [3.8, 4) is 0 Å². The van der Waals surface area contributed by atoms with Crippen LogP contribution in [0.3, 0.4) is 0 Å². The summed E-state index contributed by atoms with van der Waals surface area (Å²) in [5, 5.41) is 11.7. The minimum Gasteiger partial charge on any atom is -0.479 e. The number of hydrogen-bond donors (Lipinski definition) is 1. The molecule has 5 heteroatoms. The van der Waals surface area contributed by atoms with E-state index in [1.165, 1.54) is 0 Å². The predicted molar refractivity (Wildman–Crippen MR) is 43.2 cm³/mol. The summed E-state index contributed by atoms with van der Waals surface area (Å²) in [6.07, 6.45) is 0.649. The third-order valence-corrected chi connectivity index (χ3v) is 1.08. The Balaban J connectivity index is 3.47. The number of carboxylic acid groups (broad SMARTS) is 1. The van der Waals surface area contributed by atoms with E-state index < -0.39 is 12.6 Å². The highest BCUT2D eigenvalue weighted by atomic mass is 16.6. The lowest BCUT2D eigenvalue weighted by molar-refractivity contribution is -0.142. The first-order valence-electron chi connectivity index (χ1n) is 3.53. The number of methoxy groups -OCH3 is 1. The molecular weight excluding hydrogens is 162 g/mol. The van der Waals surface area contributed by atoms with Crippen LogP contribution in [0.5, 0.6) is 0 Å². The molecule has 5 nitrogen and oxygen atoms in total. The van der Waals surface area contributed by atoms with Crippen molar-refractivity contribution < 1.29 is 19.5 Å². The van der Waals surface area contributed by atoms with Gasteiger partial charge in [-0.25, -0.2) is 4.79 Å². The van der Waals surface area contributed by atoms with Crippen molar-refractivity contribution in [3.63, 3.8) is 0 Å². The Morgan fingerprint density at radius 2 is 2.25 bits per heavy atom. The maximum absolute atomic E-state index is 9.98. The zero-order valence-corrected chi connectivity index (χ0v) is 7.24. The average molecular weight is 175 g/mol. The molecule has 0 aromatic rings. The molecule has 1 N–H and O–H groups in total. The van der Waals surface area contributed by atoms with Crippen molar-refractivity contribution in [3.05, 3.63) is 0 Å². The van der Waals surface area contributed by atoms with Gasteiger partial charge in [-0.15, -0.1) is 0 Å². The Labute approximate surface area is 71.0 Å². The van der Waals surface area contributed by atoms with Crippen LogP contribution < -0.4 is 0 Å². The van der Waals surface area contributed by atoms with Gasteiger partial charge in [-0.2, -0.15) is 0 Å². The molecule has 0 amide bonds. The van der Waals surface area contributed by atoms with Crippen LogP contribution in [0.4, 0.5) is 0 Å². The summed E-state index contributed by atoms with van der Waals surface area (Å²) >= 11 is 0. The first-order valence-corrected chi connectivity index (χ1v) is 3.53. The highest BCUT2D eigenvalue weighted by Crippen LogP contribution is 1.88. The molecule has 0 atom stereocenters. The molecule has 0 unspecified atom stereocenters. The third-order valence-electron chi connectivity index (χ3n) is 1.08. The molecule has 70 valence electrons. The highest BCUT2D eigenvalue weighted by Gasteiger charge is 1.95. The van der Waals surface area contributed by atoms with Gasteiger partial charge in [0, 0.05) is 13.5 Å². The Morgan fingerprint density at radius 1 is 1.58 bits per heavy atom. The number of rotatable bonds is 6. The average Bonchev–Trinajstić information content (AvgIpc) is 2.00. The summed E-state index contributed by atoms with van der Waals surface area (Å²) in [5.41, 5.74) is 0.720. The van der Waals surface area contributed by atoms with Crippen LogP contribution in [0.25, 0.3) is 0 Å². The van der Waals surface area contributed by atoms with E-state index in [4.69, 9.17) is 9.84 Å². The van der Waals surface area contributed by atoms with Crippen LogP contribution in [0.2, 0.25) is 0 Å². The van der Waals surface area contributed by atoms with E-state index in [0.29, 0.717) is 13.0 Å². The number of ether oxygens (including phenoxy) is 1. The summed E-state index contributed by atoms with van der Waals surface area (Å²) in [4.78, 5) is 14.5. The second kappa shape index (κ2) is 6.60. The smallest absolute Gasteiger partial charge is 0.344 e. The van der Waals surface area contributed by atoms with Gasteiger partial charge in [0.25, 0.3) is 0 Å². The normalized spacial score (nSPS) is 11.3. The molecule has 0 aliphatic rings. The van der Waals surface area contributed by atoms with E-state index in [1.807, 2.05) is 0 Å².